The maximum Gasteiger partial charge on any atom is 0.320 e. The molecule has 3 heterocycles. The van der Waals surface area contributed by atoms with Gasteiger partial charge in [-0.05, 0) is 50.8 Å². The third kappa shape index (κ3) is 4.03. The number of carbonyl (C=O) groups is 2. The van der Waals surface area contributed by atoms with Crippen molar-refractivity contribution in [2.45, 2.75) is 38.1 Å². The number of piperidine rings is 1. The summed E-state index contributed by atoms with van der Waals surface area (Å²) < 4.78 is 0. The zero-order valence-corrected chi connectivity index (χ0v) is 13.8. The van der Waals surface area contributed by atoms with Crippen LogP contribution in [0.3, 0.4) is 0 Å². The molecule has 0 aliphatic carbocycles. The molecule has 0 bridgehead atoms. The second-order valence-electron chi connectivity index (χ2n) is 6.47. The molecule has 130 valence electrons. The largest absolute Gasteiger partial charge is 0.480 e. The number of aromatic nitrogens is 1. The SMILES string of the molecule is O=C(CN1CCCC1C(=O)O)Nc1ccc(N2CCCCC2)nc1. The number of hydrogen-bond acceptors (Lipinski definition) is 5. The van der Waals surface area contributed by atoms with E-state index in [1.807, 2.05) is 12.1 Å². The standard InChI is InChI=1S/C17H24N4O3/c22-16(12-21-10-4-5-14(21)17(23)24)19-13-6-7-15(18-11-13)20-8-2-1-3-9-20/h6-7,11,14H,1-5,8-10,12H2,(H,19,22)(H,23,24). The Kier molecular flexibility index (Phi) is 5.30. The first kappa shape index (κ1) is 16.7. The Bertz CT molecular complexity index is 584. The van der Waals surface area contributed by atoms with Crippen LogP contribution in [0.15, 0.2) is 18.3 Å². The van der Waals surface area contributed by atoms with E-state index < -0.39 is 12.0 Å². The van der Waals surface area contributed by atoms with E-state index in [2.05, 4.69) is 15.2 Å². The van der Waals surface area contributed by atoms with Gasteiger partial charge < -0.3 is 15.3 Å². The van der Waals surface area contributed by atoms with Crippen molar-refractivity contribution in [1.29, 1.82) is 0 Å². The molecule has 1 aromatic heterocycles. The fraction of sp³-hybridized carbons (Fsp3) is 0.588. The fourth-order valence-electron chi connectivity index (χ4n) is 3.45. The van der Waals surface area contributed by atoms with Crippen LogP contribution in [-0.4, -0.2) is 59.1 Å². The number of nitrogens with zero attached hydrogens (tertiary/aromatic N) is 3. The van der Waals surface area contributed by atoms with Gasteiger partial charge >= 0.3 is 5.97 Å². The predicted molar refractivity (Wildman–Crippen MR) is 91.2 cm³/mol. The van der Waals surface area contributed by atoms with Crippen molar-refractivity contribution in [2.24, 2.45) is 0 Å². The van der Waals surface area contributed by atoms with Crippen LogP contribution in [0.4, 0.5) is 11.5 Å². The highest BCUT2D eigenvalue weighted by Gasteiger charge is 2.31. The van der Waals surface area contributed by atoms with Crippen molar-refractivity contribution in [2.75, 3.05) is 36.4 Å². The topological polar surface area (TPSA) is 85.8 Å². The summed E-state index contributed by atoms with van der Waals surface area (Å²) in [4.78, 5) is 31.7. The average Bonchev–Trinajstić information content (AvgIpc) is 3.04. The van der Waals surface area contributed by atoms with Gasteiger partial charge in [0.15, 0.2) is 0 Å². The molecule has 2 aliphatic heterocycles. The van der Waals surface area contributed by atoms with Crippen LogP contribution < -0.4 is 10.2 Å². The molecule has 2 N–H and O–H groups in total. The second kappa shape index (κ2) is 7.61. The highest BCUT2D eigenvalue weighted by molar-refractivity contribution is 5.92. The summed E-state index contributed by atoms with van der Waals surface area (Å²) in [5.41, 5.74) is 0.645. The summed E-state index contributed by atoms with van der Waals surface area (Å²) in [7, 11) is 0. The Morgan fingerprint density at radius 2 is 1.96 bits per heavy atom. The molecular formula is C17H24N4O3. The van der Waals surface area contributed by atoms with Gasteiger partial charge in [-0.15, -0.1) is 0 Å². The van der Waals surface area contributed by atoms with Crippen molar-refractivity contribution in [1.82, 2.24) is 9.88 Å². The minimum Gasteiger partial charge on any atom is -0.480 e. The molecule has 1 atom stereocenters. The Hall–Kier alpha value is -2.15. The quantitative estimate of drug-likeness (QED) is 0.851. The molecule has 2 fully saturated rings. The molecule has 1 aromatic rings. The van der Waals surface area contributed by atoms with Gasteiger partial charge in [0.2, 0.25) is 5.91 Å². The Balaban J connectivity index is 1.53. The van der Waals surface area contributed by atoms with E-state index in [1.54, 1.807) is 11.1 Å². The third-order valence-corrected chi connectivity index (χ3v) is 4.71. The lowest BCUT2D eigenvalue weighted by atomic mass is 10.1. The fourth-order valence-corrected chi connectivity index (χ4v) is 3.45. The Morgan fingerprint density at radius 1 is 1.17 bits per heavy atom. The van der Waals surface area contributed by atoms with Crippen LogP contribution in [0.5, 0.6) is 0 Å². The van der Waals surface area contributed by atoms with Gasteiger partial charge in [0.1, 0.15) is 11.9 Å². The Labute approximate surface area is 141 Å². The molecule has 0 radical (unpaired) electrons. The monoisotopic (exact) mass is 332 g/mol. The minimum absolute atomic E-state index is 0.102. The number of carboxylic acids is 1. The van der Waals surface area contributed by atoms with E-state index >= 15 is 0 Å². The first-order chi connectivity index (χ1) is 11.6. The summed E-state index contributed by atoms with van der Waals surface area (Å²) in [6, 6.07) is 3.24. The van der Waals surface area contributed by atoms with Gasteiger partial charge in [-0.2, -0.15) is 0 Å². The van der Waals surface area contributed by atoms with E-state index in [4.69, 9.17) is 5.11 Å². The number of rotatable bonds is 5. The number of nitrogens with one attached hydrogen (secondary N) is 1. The lowest BCUT2D eigenvalue weighted by molar-refractivity contribution is -0.142. The van der Waals surface area contributed by atoms with Crippen molar-refractivity contribution in [3.63, 3.8) is 0 Å². The molecule has 7 nitrogen and oxygen atoms in total. The zero-order valence-electron chi connectivity index (χ0n) is 13.8. The molecule has 2 aliphatic rings. The predicted octanol–water partition coefficient (Wildman–Crippen LogP) is 1.56. The van der Waals surface area contributed by atoms with Crippen molar-refractivity contribution in [3.05, 3.63) is 18.3 Å². The van der Waals surface area contributed by atoms with E-state index in [0.29, 0.717) is 18.7 Å². The van der Waals surface area contributed by atoms with Crippen molar-refractivity contribution in [3.8, 4) is 0 Å². The maximum absolute atomic E-state index is 12.1. The van der Waals surface area contributed by atoms with Crippen molar-refractivity contribution >= 4 is 23.4 Å². The van der Waals surface area contributed by atoms with Crippen LogP contribution >= 0.6 is 0 Å². The summed E-state index contributed by atoms with van der Waals surface area (Å²) in [6.07, 6.45) is 6.76. The van der Waals surface area contributed by atoms with Crippen LogP contribution in [0.2, 0.25) is 0 Å². The highest BCUT2D eigenvalue weighted by atomic mass is 16.4. The van der Waals surface area contributed by atoms with Crippen LogP contribution in [0.1, 0.15) is 32.1 Å². The van der Waals surface area contributed by atoms with Gasteiger partial charge in [0.05, 0.1) is 18.4 Å². The van der Waals surface area contributed by atoms with E-state index in [9.17, 15) is 9.59 Å². The summed E-state index contributed by atoms with van der Waals surface area (Å²) in [5, 5.41) is 12.0. The normalized spacial score (nSPS) is 21.7. The molecule has 0 spiro atoms. The average molecular weight is 332 g/mol. The van der Waals surface area contributed by atoms with E-state index in [0.717, 1.165) is 25.3 Å². The Morgan fingerprint density at radius 3 is 2.62 bits per heavy atom. The molecule has 0 saturated carbocycles. The zero-order chi connectivity index (χ0) is 16.9. The summed E-state index contributed by atoms with van der Waals surface area (Å²) >= 11 is 0. The van der Waals surface area contributed by atoms with Gasteiger partial charge in [-0.1, -0.05) is 0 Å². The third-order valence-electron chi connectivity index (χ3n) is 4.71. The second-order valence-corrected chi connectivity index (χ2v) is 6.47. The van der Waals surface area contributed by atoms with Gasteiger partial charge in [-0.25, -0.2) is 4.98 Å². The number of pyridine rings is 1. The van der Waals surface area contributed by atoms with Crippen molar-refractivity contribution < 1.29 is 14.7 Å². The molecule has 3 rings (SSSR count). The molecule has 2 saturated heterocycles. The van der Waals surface area contributed by atoms with E-state index in [-0.39, 0.29) is 12.5 Å². The van der Waals surface area contributed by atoms with Crippen LogP contribution in [0.25, 0.3) is 0 Å². The maximum atomic E-state index is 12.1. The molecule has 24 heavy (non-hydrogen) atoms. The number of likely N-dealkylation sites (tertiary alicyclic amines) is 1. The lowest BCUT2D eigenvalue weighted by Crippen LogP contribution is -2.40. The lowest BCUT2D eigenvalue weighted by Gasteiger charge is -2.27. The number of amides is 1. The van der Waals surface area contributed by atoms with Gasteiger partial charge in [-0.3, -0.25) is 14.5 Å². The molecular weight excluding hydrogens is 308 g/mol. The molecule has 1 amide bonds. The molecule has 0 aromatic carbocycles. The smallest absolute Gasteiger partial charge is 0.320 e. The van der Waals surface area contributed by atoms with Gasteiger partial charge in [0, 0.05) is 13.1 Å². The molecule has 7 heteroatoms. The number of hydrogen-bond donors (Lipinski definition) is 2. The van der Waals surface area contributed by atoms with Crippen LogP contribution in [0, 0.1) is 0 Å². The summed E-state index contributed by atoms with van der Waals surface area (Å²) in [6.45, 7) is 2.82. The molecule has 1 unspecified atom stereocenters. The first-order valence-electron chi connectivity index (χ1n) is 8.61. The first-order valence-corrected chi connectivity index (χ1v) is 8.61. The number of aliphatic carboxylic acids is 1. The van der Waals surface area contributed by atoms with E-state index in [1.165, 1.54) is 19.3 Å². The number of carboxylic acid groups (broad SMARTS) is 1. The minimum atomic E-state index is -0.854. The number of anilines is 2. The van der Waals surface area contributed by atoms with Gasteiger partial charge in [0.25, 0.3) is 0 Å². The highest BCUT2D eigenvalue weighted by Crippen LogP contribution is 2.20. The number of carbonyl (C=O) groups excluding carboxylic acids is 1. The summed E-state index contributed by atoms with van der Waals surface area (Å²) in [5.74, 6) is -0.110. The van der Waals surface area contributed by atoms with Crippen LogP contribution in [-0.2, 0) is 9.59 Å².